The van der Waals surface area contributed by atoms with E-state index in [1.54, 1.807) is 7.11 Å². The van der Waals surface area contributed by atoms with Gasteiger partial charge in [-0.1, -0.05) is 25.8 Å². The van der Waals surface area contributed by atoms with Gasteiger partial charge in [-0.05, 0) is 31.2 Å². The standard InChI is InChI=1S/C14H23NOS/c1-3-4-5-9-15-10-11-17-14-8-6-7-13(12-14)16-2/h6-8,12,15H,3-5,9-11H2,1-2H3. The van der Waals surface area contributed by atoms with Gasteiger partial charge in [0.25, 0.3) is 0 Å². The van der Waals surface area contributed by atoms with Crippen LogP contribution in [0.25, 0.3) is 0 Å². The molecule has 1 aromatic carbocycles. The van der Waals surface area contributed by atoms with E-state index in [0.717, 1.165) is 24.6 Å². The van der Waals surface area contributed by atoms with Crippen molar-refractivity contribution < 1.29 is 4.74 Å². The minimum Gasteiger partial charge on any atom is -0.497 e. The number of hydrogen-bond donors (Lipinski definition) is 1. The summed E-state index contributed by atoms with van der Waals surface area (Å²) in [6, 6.07) is 8.23. The summed E-state index contributed by atoms with van der Waals surface area (Å²) in [5.41, 5.74) is 0. The zero-order chi connectivity index (χ0) is 12.3. The maximum atomic E-state index is 5.20. The lowest BCUT2D eigenvalue weighted by atomic mass is 10.2. The third-order valence-corrected chi connectivity index (χ3v) is 3.54. The molecule has 0 amide bonds. The number of hydrogen-bond acceptors (Lipinski definition) is 3. The fourth-order valence-corrected chi connectivity index (χ4v) is 2.41. The number of rotatable bonds is 9. The summed E-state index contributed by atoms with van der Waals surface area (Å²) in [6.07, 6.45) is 3.91. The third kappa shape index (κ3) is 6.59. The van der Waals surface area contributed by atoms with E-state index in [9.17, 15) is 0 Å². The second-order valence-corrected chi connectivity index (χ2v) is 5.15. The van der Waals surface area contributed by atoms with Crippen molar-refractivity contribution in [1.29, 1.82) is 0 Å². The Morgan fingerprint density at radius 2 is 2.12 bits per heavy atom. The van der Waals surface area contributed by atoms with E-state index in [-0.39, 0.29) is 0 Å². The van der Waals surface area contributed by atoms with Gasteiger partial charge in [0.2, 0.25) is 0 Å². The van der Waals surface area contributed by atoms with Crippen molar-refractivity contribution in [3.05, 3.63) is 24.3 Å². The van der Waals surface area contributed by atoms with E-state index in [1.165, 1.54) is 24.2 Å². The van der Waals surface area contributed by atoms with Crippen LogP contribution in [0.5, 0.6) is 5.75 Å². The lowest BCUT2D eigenvalue weighted by molar-refractivity contribution is 0.413. The van der Waals surface area contributed by atoms with Crippen LogP contribution in [0, 0.1) is 0 Å². The van der Waals surface area contributed by atoms with Crippen LogP contribution in [0.4, 0.5) is 0 Å². The Balaban J connectivity index is 2.09. The molecule has 0 spiro atoms. The Hall–Kier alpha value is -0.670. The van der Waals surface area contributed by atoms with Crippen molar-refractivity contribution in [2.45, 2.75) is 31.1 Å². The molecular formula is C14H23NOS. The van der Waals surface area contributed by atoms with E-state index in [2.05, 4.69) is 24.4 Å². The monoisotopic (exact) mass is 253 g/mol. The van der Waals surface area contributed by atoms with Crippen molar-refractivity contribution in [1.82, 2.24) is 5.32 Å². The van der Waals surface area contributed by atoms with Gasteiger partial charge in [0.15, 0.2) is 0 Å². The molecule has 0 fully saturated rings. The average Bonchev–Trinajstić information content (AvgIpc) is 2.38. The van der Waals surface area contributed by atoms with Gasteiger partial charge in [-0.3, -0.25) is 0 Å². The van der Waals surface area contributed by atoms with Gasteiger partial charge in [-0.15, -0.1) is 11.8 Å². The SMILES string of the molecule is CCCCCNCCSc1cccc(OC)c1. The van der Waals surface area contributed by atoms with E-state index in [0.29, 0.717) is 0 Å². The summed E-state index contributed by atoms with van der Waals surface area (Å²) in [5, 5.41) is 3.47. The van der Waals surface area contributed by atoms with Crippen molar-refractivity contribution in [2.75, 3.05) is 26.0 Å². The maximum Gasteiger partial charge on any atom is 0.119 e. The molecule has 0 heterocycles. The summed E-state index contributed by atoms with van der Waals surface area (Å²) < 4.78 is 5.20. The molecule has 0 radical (unpaired) electrons. The van der Waals surface area contributed by atoms with Crippen LogP contribution < -0.4 is 10.1 Å². The summed E-state index contributed by atoms with van der Waals surface area (Å²) in [6.45, 7) is 4.46. The first-order valence-corrected chi connectivity index (χ1v) is 7.33. The number of thioether (sulfide) groups is 1. The normalized spacial score (nSPS) is 10.5. The molecular weight excluding hydrogens is 230 g/mol. The molecule has 0 bridgehead atoms. The molecule has 1 aromatic rings. The van der Waals surface area contributed by atoms with Crippen LogP contribution in [-0.2, 0) is 0 Å². The molecule has 1 rings (SSSR count). The van der Waals surface area contributed by atoms with Gasteiger partial charge in [-0.25, -0.2) is 0 Å². The van der Waals surface area contributed by atoms with Crippen molar-refractivity contribution in [3.8, 4) is 5.75 Å². The van der Waals surface area contributed by atoms with Crippen molar-refractivity contribution in [2.24, 2.45) is 0 Å². The lowest BCUT2D eigenvalue weighted by Crippen LogP contribution is -2.18. The van der Waals surface area contributed by atoms with Crippen LogP contribution in [0.2, 0.25) is 0 Å². The largest absolute Gasteiger partial charge is 0.497 e. The second kappa shape index (κ2) is 9.37. The second-order valence-electron chi connectivity index (χ2n) is 3.98. The van der Waals surface area contributed by atoms with Gasteiger partial charge < -0.3 is 10.1 Å². The Bertz CT molecular complexity index is 304. The topological polar surface area (TPSA) is 21.3 Å². The first-order chi connectivity index (χ1) is 8.36. The number of benzene rings is 1. The Kier molecular flexibility index (Phi) is 7.93. The van der Waals surface area contributed by atoms with E-state index < -0.39 is 0 Å². The van der Waals surface area contributed by atoms with Crippen LogP contribution in [0.3, 0.4) is 0 Å². The Morgan fingerprint density at radius 1 is 1.24 bits per heavy atom. The molecule has 0 unspecified atom stereocenters. The van der Waals surface area contributed by atoms with Crippen LogP contribution >= 0.6 is 11.8 Å². The first-order valence-electron chi connectivity index (χ1n) is 6.34. The van der Waals surface area contributed by atoms with E-state index in [1.807, 2.05) is 23.9 Å². The Morgan fingerprint density at radius 3 is 2.88 bits per heavy atom. The molecule has 96 valence electrons. The average molecular weight is 253 g/mol. The van der Waals surface area contributed by atoms with E-state index >= 15 is 0 Å². The number of unbranched alkanes of at least 4 members (excludes halogenated alkanes) is 2. The molecule has 17 heavy (non-hydrogen) atoms. The molecule has 0 atom stereocenters. The summed E-state index contributed by atoms with van der Waals surface area (Å²) in [7, 11) is 1.71. The first kappa shape index (κ1) is 14.4. The number of nitrogens with one attached hydrogen (secondary N) is 1. The number of ether oxygens (including phenoxy) is 1. The highest BCUT2D eigenvalue weighted by Gasteiger charge is 1.96. The quantitative estimate of drug-likeness (QED) is 0.537. The predicted octanol–water partition coefficient (Wildman–Crippen LogP) is 3.57. The molecule has 2 nitrogen and oxygen atoms in total. The van der Waals surface area contributed by atoms with Gasteiger partial charge in [-0.2, -0.15) is 0 Å². The molecule has 0 aliphatic heterocycles. The smallest absolute Gasteiger partial charge is 0.119 e. The van der Waals surface area contributed by atoms with Crippen LogP contribution in [0.15, 0.2) is 29.2 Å². The molecule has 1 N–H and O–H groups in total. The Labute approximate surface area is 109 Å². The maximum absolute atomic E-state index is 5.20. The molecule has 0 aliphatic rings. The summed E-state index contributed by atoms with van der Waals surface area (Å²) in [5.74, 6) is 2.05. The summed E-state index contributed by atoms with van der Waals surface area (Å²) >= 11 is 1.87. The van der Waals surface area contributed by atoms with Gasteiger partial charge in [0.1, 0.15) is 5.75 Å². The fraction of sp³-hybridized carbons (Fsp3) is 0.571. The predicted molar refractivity (Wildman–Crippen MR) is 76.1 cm³/mol. The third-order valence-electron chi connectivity index (χ3n) is 2.55. The van der Waals surface area contributed by atoms with Gasteiger partial charge in [0, 0.05) is 17.2 Å². The minimum absolute atomic E-state index is 0.936. The van der Waals surface area contributed by atoms with Gasteiger partial charge in [0.05, 0.1) is 7.11 Å². The lowest BCUT2D eigenvalue weighted by Gasteiger charge is -2.05. The molecule has 0 saturated carbocycles. The highest BCUT2D eigenvalue weighted by Crippen LogP contribution is 2.22. The van der Waals surface area contributed by atoms with Crippen molar-refractivity contribution in [3.63, 3.8) is 0 Å². The molecule has 0 saturated heterocycles. The zero-order valence-corrected chi connectivity index (χ0v) is 11.7. The van der Waals surface area contributed by atoms with Gasteiger partial charge >= 0.3 is 0 Å². The highest BCUT2D eigenvalue weighted by molar-refractivity contribution is 7.99. The zero-order valence-electron chi connectivity index (χ0n) is 10.9. The molecule has 0 aliphatic carbocycles. The molecule has 0 aromatic heterocycles. The number of methoxy groups -OCH3 is 1. The summed E-state index contributed by atoms with van der Waals surface area (Å²) in [4.78, 5) is 1.28. The highest BCUT2D eigenvalue weighted by atomic mass is 32.2. The molecule has 3 heteroatoms. The minimum atomic E-state index is 0.936. The fourth-order valence-electron chi connectivity index (χ4n) is 1.56. The van der Waals surface area contributed by atoms with Crippen LogP contribution in [-0.4, -0.2) is 26.0 Å². The van der Waals surface area contributed by atoms with Crippen molar-refractivity contribution >= 4 is 11.8 Å². The van der Waals surface area contributed by atoms with Crippen LogP contribution in [0.1, 0.15) is 26.2 Å². The van der Waals surface area contributed by atoms with E-state index in [4.69, 9.17) is 4.74 Å².